The monoisotopic (exact) mass is 291 g/mol. The molecule has 3 N–H and O–H groups in total. The summed E-state index contributed by atoms with van der Waals surface area (Å²) in [6.45, 7) is 3.89. The Morgan fingerprint density at radius 2 is 1.95 bits per heavy atom. The molecule has 0 aliphatic heterocycles. The number of amides is 1. The zero-order valence-electron chi connectivity index (χ0n) is 12.0. The number of aryl methyl sites for hydroxylation is 2. The van der Waals surface area contributed by atoms with Gasteiger partial charge in [-0.15, -0.1) is 0 Å². The van der Waals surface area contributed by atoms with Crippen LogP contribution < -0.4 is 11.1 Å². The van der Waals surface area contributed by atoms with E-state index in [0.29, 0.717) is 10.8 Å². The van der Waals surface area contributed by atoms with Gasteiger partial charge in [0.05, 0.1) is 10.4 Å². The quantitative estimate of drug-likeness (QED) is 0.840. The van der Waals surface area contributed by atoms with Crippen LogP contribution in [0.4, 0.5) is 5.82 Å². The number of nitrogens with two attached hydrogens (primary N) is 1. The fourth-order valence-corrected chi connectivity index (χ4v) is 3.18. The number of rotatable bonds is 3. The van der Waals surface area contributed by atoms with Crippen molar-refractivity contribution in [3.05, 3.63) is 23.4 Å². The van der Waals surface area contributed by atoms with E-state index in [1.54, 1.807) is 0 Å². The van der Waals surface area contributed by atoms with Crippen LogP contribution in [0.1, 0.15) is 43.4 Å². The number of aromatic nitrogens is 1. The van der Waals surface area contributed by atoms with Crippen molar-refractivity contribution < 1.29 is 4.79 Å². The summed E-state index contributed by atoms with van der Waals surface area (Å²) in [4.78, 5) is 17.3. The molecule has 0 atom stereocenters. The second-order valence-corrected chi connectivity index (χ2v) is 6.07. The first-order chi connectivity index (χ1) is 9.44. The van der Waals surface area contributed by atoms with Gasteiger partial charge in [0.1, 0.15) is 5.82 Å². The molecule has 1 saturated carbocycles. The smallest absolute Gasteiger partial charge is 0.238 e. The molecule has 0 saturated heterocycles. The van der Waals surface area contributed by atoms with Gasteiger partial charge < -0.3 is 11.1 Å². The number of hydrogen-bond donors (Lipinski definition) is 2. The standard InChI is InChI=1S/C15H21N3OS/c1-10-8-11(2)17-12(9-10)18-14(19)15(13(16)20)6-4-3-5-7-15/h8-9H,3-7H2,1-2H3,(H2,16,20)(H,17,18,19). The van der Waals surface area contributed by atoms with Gasteiger partial charge in [-0.2, -0.15) is 0 Å². The first-order valence-corrected chi connectivity index (χ1v) is 7.41. The lowest BCUT2D eigenvalue weighted by Crippen LogP contribution is -2.47. The third-order valence-electron chi connectivity index (χ3n) is 3.95. The van der Waals surface area contributed by atoms with Crippen molar-refractivity contribution in [1.29, 1.82) is 0 Å². The van der Waals surface area contributed by atoms with Crippen LogP contribution in [0.25, 0.3) is 0 Å². The molecule has 20 heavy (non-hydrogen) atoms. The van der Waals surface area contributed by atoms with Crippen LogP contribution >= 0.6 is 12.2 Å². The molecule has 2 rings (SSSR count). The van der Waals surface area contributed by atoms with Crippen molar-refractivity contribution >= 4 is 28.9 Å². The third kappa shape index (κ3) is 2.98. The van der Waals surface area contributed by atoms with E-state index in [1.807, 2.05) is 26.0 Å². The van der Waals surface area contributed by atoms with Crippen molar-refractivity contribution in [3.8, 4) is 0 Å². The minimum atomic E-state index is -0.701. The topological polar surface area (TPSA) is 68.0 Å². The average Bonchev–Trinajstić information content (AvgIpc) is 2.38. The van der Waals surface area contributed by atoms with Crippen LogP contribution in [-0.4, -0.2) is 15.9 Å². The molecule has 0 radical (unpaired) electrons. The summed E-state index contributed by atoms with van der Waals surface area (Å²) >= 11 is 5.17. The number of hydrogen-bond acceptors (Lipinski definition) is 3. The van der Waals surface area contributed by atoms with Crippen LogP contribution in [0, 0.1) is 19.3 Å². The Morgan fingerprint density at radius 1 is 1.30 bits per heavy atom. The molecule has 0 bridgehead atoms. The Bertz CT molecular complexity index is 516. The molecule has 108 valence electrons. The Labute approximate surface area is 125 Å². The molecule has 1 heterocycles. The highest BCUT2D eigenvalue weighted by Gasteiger charge is 2.42. The summed E-state index contributed by atoms with van der Waals surface area (Å²) in [6.07, 6.45) is 4.59. The summed E-state index contributed by atoms with van der Waals surface area (Å²) < 4.78 is 0. The lowest BCUT2D eigenvalue weighted by atomic mass is 9.73. The number of nitrogens with one attached hydrogen (secondary N) is 1. The Hall–Kier alpha value is -1.49. The molecule has 4 nitrogen and oxygen atoms in total. The lowest BCUT2D eigenvalue weighted by Gasteiger charge is -2.34. The van der Waals surface area contributed by atoms with E-state index in [0.717, 1.165) is 43.4 Å². The van der Waals surface area contributed by atoms with Crippen molar-refractivity contribution in [2.75, 3.05) is 5.32 Å². The van der Waals surface area contributed by atoms with Gasteiger partial charge in [0.25, 0.3) is 0 Å². The van der Waals surface area contributed by atoms with Gasteiger partial charge in [-0.3, -0.25) is 4.79 Å². The summed E-state index contributed by atoms with van der Waals surface area (Å²) in [5, 5.41) is 2.90. The van der Waals surface area contributed by atoms with Crippen LogP contribution in [0.3, 0.4) is 0 Å². The maximum Gasteiger partial charge on any atom is 0.238 e. The van der Waals surface area contributed by atoms with Crippen molar-refractivity contribution in [2.24, 2.45) is 11.1 Å². The normalized spacial score (nSPS) is 17.5. The number of thiocarbonyl (C=S) groups is 1. The SMILES string of the molecule is Cc1cc(C)nc(NC(=O)C2(C(N)=S)CCCCC2)c1. The second-order valence-electron chi connectivity index (χ2n) is 5.63. The Balaban J connectivity index is 2.22. The first-order valence-electron chi connectivity index (χ1n) is 7.01. The Morgan fingerprint density at radius 3 is 2.50 bits per heavy atom. The zero-order valence-corrected chi connectivity index (χ0v) is 12.8. The van der Waals surface area contributed by atoms with E-state index in [2.05, 4.69) is 10.3 Å². The van der Waals surface area contributed by atoms with Gasteiger partial charge in [0, 0.05) is 5.69 Å². The molecule has 0 aromatic carbocycles. The van der Waals surface area contributed by atoms with Crippen molar-refractivity contribution in [3.63, 3.8) is 0 Å². The van der Waals surface area contributed by atoms with Crippen molar-refractivity contribution in [2.45, 2.75) is 46.0 Å². The molecule has 1 aromatic rings. The van der Waals surface area contributed by atoms with E-state index in [-0.39, 0.29) is 5.91 Å². The summed E-state index contributed by atoms with van der Waals surface area (Å²) in [7, 11) is 0. The predicted molar refractivity (Wildman–Crippen MR) is 84.6 cm³/mol. The predicted octanol–water partition coefficient (Wildman–Crippen LogP) is 2.87. The number of carbonyl (C=O) groups excluding carboxylic acids is 1. The van der Waals surface area contributed by atoms with Gasteiger partial charge >= 0.3 is 0 Å². The highest BCUT2D eigenvalue weighted by molar-refractivity contribution is 7.80. The number of pyridine rings is 1. The second kappa shape index (κ2) is 5.87. The van der Waals surface area contributed by atoms with Crippen LogP contribution in [0.2, 0.25) is 0 Å². The molecular formula is C15H21N3OS. The fourth-order valence-electron chi connectivity index (χ4n) is 2.88. The van der Waals surface area contributed by atoms with E-state index in [4.69, 9.17) is 18.0 Å². The fraction of sp³-hybridized carbons (Fsp3) is 0.533. The maximum absolute atomic E-state index is 12.6. The lowest BCUT2D eigenvalue weighted by molar-refractivity contribution is -0.123. The highest BCUT2D eigenvalue weighted by atomic mass is 32.1. The minimum absolute atomic E-state index is 0.109. The molecule has 1 fully saturated rings. The molecule has 0 spiro atoms. The van der Waals surface area contributed by atoms with Gasteiger partial charge in [-0.1, -0.05) is 31.5 Å². The van der Waals surface area contributed by atoms with Gasteiger partial charge in [0.2, 0.25) is 5.91 Å². The van der Waals surface area contributed by atoms with Gasteiger partial charge in [0.15, 0.2) is 0 Å². The van der Waals surface area contributed by atoms with Crippen LogP contribution in [0.15, 0.2) is 12.1 Å². The molecule has 1 aromatic heterocycles. The van der Waals surface area contributed by atoms with E-state index < -0.39 is 5.41 Å². The highest BCUT2D eigenvalue weighted by Crippen LogP contribution is 2.37. The largest absolute Gasteiger partial charge is 0.392 e. The van der Waals surface area contributed by atoms with Gasteiger partial charge in [-0.05, 0) is 44.4 Å². The summed E-state index contributed by atoms with van der Waals surface area (Å²) in [6, 6.07) is 3.83. The molecule has 5 heteroatoms. The van der Waals surface area contributed by atoms with Crippen molar-refractivity contribution in [1.82, 2.24) is 4.98 Å². The van der Waals surface area contributed by atoms with Crippen LogP contribution in [-0.2, 0) is 4.79 Å². The van der Waals surface area contributed by atoms with E-state index >= 15 is 0 Å². The van der Waals surface area contributed by atoms with Gasteiger partial charge in [-0.25, -0.2) is 4.98 Å². The van der Waals surface area contributed by atoms with E-state index in [9.17, 15) is 4.79 Å². The Kier molecular flexibility index (Phi) is 4.38. The minimum Gasteiger partial charge on any atom is -0.392 e. The molecule has 0 unspecified atom stereocenters. The number of carbonyl (C=O) groups is 1. The third-order valence-corrected chi connectivity index (χ3v) is 4.34. The summed E-state index contributed by atoms with van der Waals surface area (Å²) in [5.41, 5.74) is 7.12. The zero-order chi connectivity index (χ0) is 14.8. The molecular weight excluding hydrogens is 270 g/mol. The van der Waals surface area contributed by atoms with Crippen LogP contribution in [0.5, 0.6) is 0 Å². The molecule has 1 aliphatic carbocycles. The molecule has 1 aliphatic rings. The van der Waals surface area contributed by atoms with E-state index in [1.165, 1.54) is 0 Å². The first kappa shape index (κ1) is 14.9. The maximum atomic E-state index is 12.6. The summed E-state index contributed by atoms with van der Waals surface area (Å²) in [5.74, 6) is 0.468. The average molecular weight is 291 g/mol. The number of anilines is 1. The number of nitrogens with zero attached hydrogens (tertiary/aromatic N) is 1. The molecule has 1 amide bonds.